The van der Waals surface area contributed by atoms with E-state index in [0.29, 0.717) is 23.9 Å². The number of aryl methyl sites for hydroxylation is 1. The molecule has 9 heteroatoms. The molecule has 0 aromatic carbocycles. The van der Waals surface area contributed by atoms with Crippen molar-refractivity contribution in [2.24, 2.45) is 5.73 Å². The number of rotatable bonds is 13. The average Bonchev–Trinajstić information content (AvgIpc) is 3.29. The predicted octanol–water partition coefficient (Wildman–Crippen LogP) is 2.05. The fraction of sp³-hybridized carbons (Fsp3) is 0.789. The van der Waals surface area contributed by atoms with Crippen LogP contribution in [0.5, 0.6) is 0 Å². The number of primary amides is 1. The summed E-state index contributed by atoms with van der Waals surface area (Å²) in [5.74, 6) is 0.638. The Morgan fingerprint density at radius 2 is 2.21 bits per heavy atom. The number of aromatic nitrogens is 3. The van der Waals surface area contributed by atoms with Gasteiger partial charge in [0, 0.05) is 25.5 Å². The number of amides is 2. The second-order valence-corrected chi connectivity index (χ2v) is 8.31. The molecule has 1 aliphatic rings. The Labute approximate surface area is 171 Å². The number of unbranched alkanes of at least 4 members (excludes halogenated alkanes) is 2. The first kappa shape index (κ1) is 22.7. The first-order valence-corrected chi connectivity index (χ1v) is 11.2. The van der Waals surface area contributed by atoms with Crippen molar-refractivity contribution in [1.82, 2.24) is 20.1 Å². The third-order valence-corrected chi connectivity index (χ3v) is 5.75. The molecule has 158 valence electrons. The van der Waals surface area contributed by atoms with Crippen molar-refractivity contribution in [3.8, 4) is 0 Å². The number of hydrogen-bond donors (Lipinski definition) is 2. The molecule has 0 unspecified atom stereocenters. The summed E-state index contributed by atoms with van der Waals surface area (Å²) < 4.78 is 7.70. The molecule has 2 rings (SSSR count). The monoisotopic (exact) mass is 411 g/mol. The number of carbonyl (C=O) groups excluding carboxylic acids is 2. The third-order valence-electron chi connectivity index (χ3n) is 4.78. The van der Waals surface area contributed by atoms with E-state index in [-0.39, 0.29) is 36.1 Å². The van der Waals surface area contributed by atoms with Gasteiger partial charge in [0.05, 0.1) is 18.4 Å². The van der Waals surface area contributed by atoms with E-state index in [1.54, 1.807) is 0 Å². The molecule has 0 bridgehead atoms. The van der Waals surface area contributed by atoms with Crippen LogP contribution < -0.4 is 11.1 Å². The summed E-state index contributed by atoms with van der Waals surface area (Å²) in [7, 11) is 0. The van der Waals surface area contributed by atoms with Crippen molar-refractivity contribution in [3.05, 3.63) is 5.82 Å². The fourth-order valence-electron chi connectivity index (χ4n) is 3.24. The lowest BCUT2D eigenvalue weighted by Gasteiger charge is -2.15. The highest BCUT2D eigenvalue weighted by atomic mass is 32.2. The third kappa shape index (κ3) is 7.79. The Morgan fingerprint density at radius 1 is 1.39 bits per heavy atom. The molecule has 1 fully saturated rings. The van der Waals surface area contributed by atoms with Crippen LogP contribution in [0.2, 0.25) is 0 Å². The van der Waals surface area contributed by atoms with Crippen LogP contribution in [0.4, 0.5) is 0 Å². The van der Waals surface area contributed by atoms with Crippen LogP contribution in [-0.2, 0) is 27.3 Å². The van der Waals surface area contributed by atoms with Crippen molar-refractivity contribution >= 4 is 23.6 Å². The van der Waals surface area contributed by atoms with Gasteiger partial charge in [-0.1, -0.05) is 37.9 Å². The van der Waals surface area contributed by atoms with Crippen LogP contribution in [-0.4, -0.2) is 51.1 Å². The molecule has 8 nitrogen and oxygen atoms in total. The Hall–Kier alpha value is -1.61. The number of ether oxygens (including phenoxy) is 1. The Bertz CT molecular complexity index is 631. The smallest absolute Gasteiger partial charge is 0.230 e. The summed E-state index contributed by atoms with van der Waals surface area (Å²) in [4.78, 5) is 23.4. The summed E-state index contributed by atoms with van der Waals surface area (Å²) in [6, 6.07) is 0.176. The van der Waals surface area contributed by atoms with Crippen LogP contribution in [0.25, 0.3) is 0 Å². The summed E-state index contributed by atoms with van der Waals surface area (Å²) in [5, 5.41) is 12.2. The lowest BCUT2D eigenvalue weighted by Crippen LogP contribution is -2.33. The van der Waals surface area contributed by atoms with E-state index in [1.807, 2.05) is 11.5 Å². The van der Waals surface area contributed by atoms with Crippen LogP contribution >= 0.6 is 11.8 Å². The van der Waals surface area contributed by atoms with Crippen LogP contribution in [0.3, 0.4) is 0 Å². The SMILES string of the molecule is CCCCC[C@H](C)NC(=O)CSc1nnc(CCC(N)=O)n1C[C@H]1CCCO1. The van der Waals surface area contributed by atoms with Gasteiger partial charge in [0.15, 0.2) is 5.16 Å². The van der Waals surface area contributed by atoms with Gasteiger partial charge in [0.1, 0.15) is 5.82 Å². The zero-order valence-electron chi connectivity index (χ0n) is 17.0. The van der Waals surface area contributed by atoms with E-state index in [1.165, 1.54) is 24.6 Å². The van der Waals surface area contributed by atoms with Crippen LogP contribution in [0.15, 0.2) is 5.16 Å². The van der Waals surface area contributed by atoms with Gasteiger partial charge >= 0.3 is 0 Å². The highest BCUT2D eigenvalue weighted by molar-refractivity contribution is 7.99. The molecule has 1 saturated heterocycles. The van der Waals surface area contributed by atoms with Gasteiger partial charge in [-0.3, -0.25) is 9.59 Å². The number of nitrogens with one attached hydrogen (secondary N) is 1. The molecule has 1 aliphatic heterocycles. The number of hydrogen-bond acceptors (Lipinski definition) is 6. The molecule has 0 radical (unpaired) electrons. The molecule has 1 aromatic rings. The van der Waals surface area contributed by atoms with Crippen molar-refractivity contribution in [2.45, 2.75) is 89.1 Å². The summed E-state index contributed by atoms with van der Waals surface area (Å²) >= 11 is 1.37. The molecular weight excluding hydrogens is 378 g/mol. The second kappa shape index (κ2) is 12.1. The number of thioether (sulfide) groups is 1. The maximum Gasteiger partial charge on any atom is 0.230 e. The minimum absolute atomic E-state index is 0.000601. The minimum Gasteiger partial charge on any atom is -0.376 e. The summed E-state index contributed by atoms with van der Waals surface area (Å²) in [5.41, 5.74) is 5.27. The largest absolute Gasteiger partial charge is 0.376 e. The Balaban J connectivity index is 1.91. The van der Waals surface area contributed by atoms with Crippen molar-refractivity contribution in [1.29, 1.82) is 0 Å². The van der Waals surface area contributed by atoms with E-state index in [0.717, 1.165) is 32.3 Å². The zero-order valence-corrected chi connectivity index (χ0v) is 17.8. The summed E-state index contributed by atoms with van der Waals surface area (Å²) in [6.07, 6.45) is 7.32. The maximum absolute atomic E-state index is 12.3. The number of nitrogens with zero attached hydrogens (tertiary/aromatic N) is 3. The van der Waals surface area contributed by atoms with Gasteiger partial charge in [-0.15, -0.1) is 10.2 Å². The molecule has 2 heterocycles. The first-order chi connectivity index (χ1) is 13.5. The lowest BCUT2D eigenvalue weighted by molar-refractivity contribution is -0.119. The normalized spacial score (nSPS) is 17.6. The molecule has 0 saturated carbocycles. The lowest BCUT2D eigenvalue weighted by atomic mass is 10.1. The van der Waals surface area contributed by atoms with Gasteiger partial charge < -0.3 is 20.4 Å². The molecule has 3 N–H and O–H groups in total. The standard InChI is InChI=1S/C19H33N5O3S/c1-3-4-5-7-14(2)21-18(26)13-28-19-23-22-17(10-9-16(20)25)24(19)12-15-8-6-11-27-15/h14-15H,3-13H2,1-2H3,(H2,20,25)(H,21,26)/t14-,15+/m0/s1. The average molecular weight is 412 g/mol. The molecule has 28 heavy (non-hydrogen) atoms. The van der Waals surface area contributed by atoms with E-state index >= 15 is 0 Å². The molecule has 2 amide bonds. The van der Waals surface area contributed by atoms with E-state index in [2.05, 4.69) is 22.4 Å². The zero-order chi connectivity index (χ0) is 20.4. The van der Waals surface area contributed by atoms with Gasteiger partial charge in [-0.05, 0) is 26.2 Å². The Morgan fingerprint density at radius 3 is 2.89 bits per heavy atom. The first-order valence-electron chi connectivity index (χ1n) is 10.2. The van der Waals surface area contributed by atoms with Gasteiger partial charge in [-0.25, -0.2) is 0 Å². The number of carbonyl (C=O) groups is 2. The van der Waals surface area contributed by atoms with Crippen molar-refractivity contribution < 1.29 is 14.3 Å². The summed E-state index contributed by atoms with van der Waals surface area (Å²) in [6.45, 7) is 5.62. The molecule has 1 aromatic heterocycles. The van der Waals surface area contributed by atoms with Crippen LogP contribution in [0.1, 0.15) is 64.6 Å². The van der Waals surface area contributed by atoms with Crippen molar-refractivity contribution in [2.75, 3.05) is 12.4 Å². The van der Waals surface area contributed by atoms with E-state index in [9.17, 15) is 9.59 Å². The van der Waals surface area contributed by atoms with Gasteiger partial charge in [0.2, 0.25) is 11.8 Å². The van der Waals surface area contributed by atoms with E-state index < -0.39 is 0 Å². The highest BCUT2D eigenvalue weighted by Crippen LogP contribution is 2.22. The molecular formula is C19H33N5O3S. The quantitative estimate of drug-likeness (QED) is 0.379. The van der Waals surface area contributed by atoms with Gasteiger partial charge in [0.25, 0.3) is 0 Å². The fourth-order valence-corrected chi connectivity index (χ4v) is 4.02. The van der Waals surface area contributed by atoms with E-state index in [4.69, 9.17) is 10.5 Å². The molecule has 0 aliphatic carbocycles. The van der Waals surface area contributed by atoms with Crippen molar-refractivity contribution in [3.63, 3.8) is 0 Å². The maximum atomic E-state index is 12.3. The highest BCUT2D eigenvalue weighted by Gasteiger charge is 2.22. The molecule has 0 spiro atoms. The topological polar surface area (TPSA) is 112 Å². The Kier molecular flexibility index (Phi) is 9.77. The van der Waals surface area contributed by atoms with Crippen LogP contribution in [0, 0.1) is 0 Å². The second-order valence-electron chi connectivity index (χ2n) is 7.36. The van der Waals surface area contributed by atoms with Gasteiger partial charge in [-0.2, -0.15) is 0 Å². The number of nitrogens with two attached hydrogens (primary N) is 1. The minimum atomic E-state index is -0.364. The molecule has 2 atom stereocenters. The predicted molar refractivity (Wildman–Crippen MR) is 109 cm³/mol.